The fourth-order valence-electron chi connectivity index (χ4n) is 1.90. The second-order valence-electron chi connectivity index (χ2n) is 4.14. The highest BCUT2D eigenvalue weighted by molar-refractivity contribution is 7.99. The average molecular weight is 231 g/mol. The lowest BCUT2D eigenvalue weighted by atomic mass is 10.2. The predicted molar refractivity (Wildman–Crippen MR) is 64.2 cm³/mol. The van der Waals surface area contributed by atoms with Gasteiger partial charge in [-0.15, -0.1) is 0 Å². The highest BCUT2D eigenvalue weighted by Crippen LogP contribution is 2.19. The van der Waals surface area contributed by atoms with E-state index in [0.29, 0.717) is 5.25 Å². The van der Waals surface area contributed by atoms with Gasteiger partial charge in [-0.2, -0.15) is 11.8 Å². The molecule has 15 heavy (non-hydrogen) atoms. The number of thioether (sulfide) groups is 1. The summed E-state index contributed by atoms with van der Waals surface area (Å²) in [5.41, 5.74) is 0. The molecule has 3 nitrogen and oxygen atoms in total. The molecule has 0 spiro atoms. The lowest BCUT2D eigenvalue weighted by Gasteiger charge is -2.22. The first-order valence-corrected chi connectivity index (χ1v) is 6.63. The molecule has 0 saturated carbocycles. The summed E-state index contributed by atoms with van der Waals surface area (Å²) in [7, 11) is 1.47. The van der Waals surface area contributed by atoms with Crippen LogP contribution in [0.3, 0.4) is 0 Å². The van der Waals surface area contributed by atoms with Gasteiger partial charge >= 0.3 is 5.97 Å². The Labute approximate surface area is 96.5 Å². The average Bonchev–Trinajstić information content (AvgIpc) is 2.64. The van der Waals surface area contributed by atoms with Crippen molar-refractivity contribution in [3.63, 3.8) is 0 Å². The fraction of sp³-hybridized carbons (Fsp3) is 0.909. The standard InChI is InChI=1S/C11H21NO2S/c1-9(2)15-8-7-12-6-4-5-10(12)11(13)14-3/h9-10H,4-8H2,1-3H3. The molecule has 1 unspecified atom stereocenters. The van der Waals surface area contributed by atoms with E-state index in [-0.39, 0.29) is 12.0 Å². The molecule has 1 aliphatic rings. The summed E-state index contributed by atoms with van der Waals surface area (Å²) in [4.78, 5) is 13.7. The number of carbonyl (C=O) groups is 1. The second kappa shape index (κ2) is 6.38. The molecule has 1 aliphatic heterocycles. The van der Waals surface area contributed by atoms with Gasteiger partial charge in [-0.1, -0.05) is 13.8 Å². The molecule has 0 aromatic rings. The molecule has 1 fully saturated rings. The minimum absolute atomic E-state index is 0.0164. The maximum absolute atomic E-state index is 11.5. The SMILES string of the molecule is COC(=O)C1CCCN1CCSC(C)C. The van der Waals surface area contributed by atoms with Crippen LogP contribution in [0.1, 0.15) is 26.7 Å². The van der Waals surface area contributed by atoms with Crippen LogP contribution in [0.25, 0.3) is 0 Å². The Morgan fingerprint density at radius 3 is 2.93 bits per heavy atom. The number of nitrogens with zero attached hydrogens (tertiary/aromatic N) is 1. The van der Waals surface area contributed by atoms with Gasteiger partial charge < -0.3 is 4.74 Å². The number of methoxy groups -OCH3 is 1. The van der Waals surface area contributed by atoms with Crippen molar-refractivity contribution in [2.75, 3.05) is 26.0 Å². The summed E-state index contributed by atoms with van der Waals surface area (Å²) in [5, 5.41) is 0.671. The van der Waals surface area contributed by atoms with Gasteiger partial charge in [0.05, 0.1) is 7.11 Å². The monoisotopic (exact) mass is 231 g/mol. The first-order chi connectivity index (χ1) is 7.15. The number of carbonyl (C=O) groups excluding carboxylic acids is 1. The molecule has 1 heterocycles. The van der Waals surface area contributed by atoms with E-state index in [4.69, 9.17) is 4.74 Å². The third kappa shape index (κ3) is 4.03. The maximum Gasteiger partial charge on any atom is 0.323 e. The van der Waals surface area contributed by atoms with Crippen LogP contribution in [-0.4, -0.2) is 48.1 Å². The van der Waals surface area contributed by atoms with Crippen molar-refractivity contribution in [2.24, 2.45) is 0 Å². The molecule has 0 N–H and O–H groups in total. The summed E-state index contributed by atoms with van der Waals surface area (Å²) < 4.78 is 4.80. The lowest BCUT2D eigenvalue weighted by molar-refractivity contribution is -0.145. The van der Waals surface area contributed by atoms with E-state index in [1.165, 1.54) is 7.11 Å². The molecule has 1 atom stereocenters. The molecule has 0 aromatic carbocycles. The van der Waals surface area contributed by atoms with Crippen molar-refractivity contribution in [3.05, 3.63) is 0 Å². The van der Waals surface area contributed by atoms with Crippen LogP contribution < -0.4 is 0 Å². The van der Waals surface area contributed by atoms with Crippen molar-refractivity contribution < 1.29 is 9.53 Å². The van der Waals surface area contributed by atoms with Crippen LogP contribution in [0.2, 0.25) is 0 Å². The van der Waals surface area contributed by atoms with Crippen LogP contribution in [-0.2, 0) is 9.53 Å². The fourth-order valence-corrected chi connectivity index (χ4v) is 2.71. The van der Waals surface area contributed by atoms with Gasteiger partial charge in [-0.25, -0.2) is 0 Å². The minimum atomic E-state index is -0.0675. The summed E-state index contributed by atoms with van der Waals surface area (Å²) in [6.45, 7) is 6.44. The van der Waals surface area contributed by atoms with Gasteiger partial charge in [0.1, 0.15) is 6.04 Å². The van der Waals surface area contributed by atoms with Gasteiger partial charge in [0.25, 0.3) is 0 Å². The van der Waals surface area contributed by atoms with Crippen LogP contribution in [0.4, 0.5) is 0 Å². The number of esters is 1. The number of ether oxygens (including phenoxy) is 1. The first kappa shape index (κ1) is 12.8. The second-order valence-corrected chi connectivity index (χ2v) is 5.82. The Kier molecular flexibility index (Phi) is 5.47. The van der Waals surface area contributed by atoms with Crippen molar-refractivity contribution >= 4 is 17.7 Å². The molecule has 0 radical (unpaired) electrons. The van der Waals surface area contributed by atoms with E-state index in [9.17, 15) is 4.79 Å². The largest absolute Gasteiger partial charge is 0.468 e. The van der Waals surface area contributed by atoms with E-state index in [0.717, 1.165) is 31.7 Å². The van der Waals surface area contributed by atoms with Crippen LogP contribution in [0, 0.1) is 0 Å². The Morgan fingerprint density at radius 2 is 2.33 bits per heavy atom. The molecular weight excluding hydrogens is 210 g/mol. The van der Waals surface area contributed by atoms with E-state index < -0.39 is 0 Å². The third-order valence-corrected chi connectivity index (χ3v) is 3.75. The molecular formula is C11H21NO2S. The minimum Gasteiger partial charge on any atom is -0.468 e. The normalized spacial score (nSPS) is 22.3. The summed E-state index contributed by atoms with van der Waals surface area (Å²) in [5.74, 6) is 1.03. The van der Waals surface area contributed by atoms with E-state index in [1.807, 2.05) is 11.8 Å². The molecule has 0 bridgehead atoms. The molecule has 4 heteroatoms. The van der Waals surface area contributed by atoms with E-state index in [1.54, 1.807) is 0 Å². The molecule has 88 valence electrons. The Balaban J connectivity index is 2.30. The number of hydrogen-bond acceptors (Lipinski definition) is 4. The zero-order chi connectivity index (χ0) is 11.3. The highest BCUT2D eigenvalue weighted by Gasteiger charge is 2.30. The van der Waals surface area contributed by atoms with Gasteiger partial charge in [0, 0.05) is 12.3 Å². The van der Waals surface area contributed by atoms with Gasteiger partial charge in [0.15, 0.2) is 0 Å². The zero-order valence-electron chi connectivity index (χ0n) is 9.86. The summed E-state index contributed by atoms with van der Waals surface area (Å²) in [6, 6.07) is 0.0164. The van der Waals surface area contributed by atoms with E-state index >= 15 is 0 Å². The Hall–Kier alpha value is -0.220. The maximum atomic E-state index is 11.5. The molecule has 0 amide bonds. The zero-order valence-corrected chi connectivity index (χ0v) is 10.7. The summed E-state index contributed by atoms with van der Waals surface area (Å²) >= 11 is 1.95. The lowest BCUT2D eigenvalue weighted by Crippen LogP contribution is -2.38. The highest BCUT2D eigenvalue weighted by atomic mass is 32.2. The number of rotatable bonds is 5. The predicted octanol–water partition coefficient (Wildman–Crippen LogP) is 1.77. The van der Waals surface area contributed by atoms with Gasteiger partial charge in [0.2, 0.25) is 0 Å². The van der Waals surface area contributed by atoms with Crippen LogP contribution in [0.15, 0.2) is 0 Å². The Morgan fingerprint density at radius 1 is 1.60 bits per heavy atom. The van der Waals surface area contributed by atoms with Crippen LogP contribution >= 0.6 is 11.8 Å². The van der Waals surface area contributed by atoms with E-state index in [2.05, 4.69) is 18.7 Å². The number of likely N-dealkylation sites (tertiary alicyclic amines) is 1. The van der Waals surface area contributed by atoms with Crippen molar-refractivity contribution in [3.8, 4) is 0 Å². The van der Waals surface area contributed by atoms with Crippen molar-refractivity contribution in [1.82, 2.24) is 4.90 Å². The number of hydrogen-bond donors (Lipinski definition) is 0. The quantitative estimate of drug-likeness (QED) is 0.674. The van der Waals surface area contributed by atoms with Crippen molar-refractivity contribution in [2.45, 2.75) is 38.0 Å². The van der Waals surface area contributed by atoms with Gasteiger partial charge in [-0.05, 0) is 24.6 Å². The summed E-state index contributed by atoms with van der Waals surface area (Å²) in [6.07, 6.45) is 2.07. The van der Waals surface area contributed by atoms with Crippen molar-refractivity contribution in [1.29, 1.82) is 0 Å². The third-order valence-electron chi connectivity index (χ3n) is 2.67. The topological polar surface area (TPSA) is 29.5 Å². The van der Waals surface area contributed by atoms with Crippen LogP contribution in [0.5, 0.6) is 0 Å². The molecule has 0 aromatic heterocycles. The van der Waals surface area contributed by atoms with Gasteiger partial charge in [-0.3, -0.25) is 9.69 Å². The smallest absolute Gasteiger partial charge is 0.323 e. The first-order valence-electron chi connectivity index (χ1n) is 5.58. The Bertz CT molecular complexity index is 209. The molecule has 1 saturated heterocycles. The molecule has 0 aliphatic carbocycles. The molecule has 1 rings (SSSR count).